The SMILES string of the molecule is CC(N[C@@H]1CCC(=O)N[C@@H]1c1ccc(F)cc1)c1cc(C(F)(F)F)cc(C(F)(F)F)c1. The summed E-state index contributed by atoms with van der Waals surface area (Å²) in [5, 5.41) is 5.78. The molecule has 1 aliphatic heterocycles. The lowest BCUT2D eigenvalue weighted by atomic mass is 9.90. The Labute approximate surface area is 173 Å². The highest BCUT2D eigenvalue weighted by molar-refractivity contribution is 5.77. The molecule has 1 aliphatic rings. The number of hydrogen-bond donors (Lipinski definition) is 2. The van der Waals surface area contributed by atoms with Gasteiger partial charge in [-0.3, -0.25) is 4.79 Å². The van der Waals surface area contributed by atoms with E-state index in [9.17, 15) is 35.5 Å². The maximum absolute atomic E-state index is 13.2. The first-order valence-corrected chi connectivity index (χ1v) is 9.45. The lowest BCUT2D eigenvalue weighted by Gasteiger charge is -2.35. The monoisotopic (exact) mass is 448 g/mol. The molecular weight excluding hydrogens is 429 g/mol. The Balaban J connectivity index is 1.90. The number of hydrogen-bond acceptors (Lipinski definition) is 2. The van der Waals surface area contributed by atoms with Crippen molar-refractivity contribution in [1.29, 1.82) is 0 Å². The van der Waals surface area contributed by atoms with Crippen molar-refractivity contribution in [1.82, 2.24) is 10.6 Å². The van der Waals surface area contributed by atoms with E-state index in [4.69, 9.17) is 0 Å². The van der Waals surface area contributed by atoms with Gasteiger partial charge in [-0.05, 0) is 54.8 Å². The molecular formula is C21H19F7N2O. The number of alkyl halides is 6. The predicted molar refractivity (Wildman–Crippen MR) is 98.3 cm³/mol. The molecule has 0 saturated carbocycles. The Morgan fingerprint density at radius 1 is 0.968 bits per heavy atom. The van der Waals surface area contributed by atoms with Gasteiger partial charge in [0.25, 0.3) is 0 Å². The molecule has 2 aromatic carbocycles. The normalized spacial score (nSPS) is 21.0. The molecule has 1 saturated heterocycles. The van der Waals surface area contributed by atoms with E-state index in [1.54, 1.807) is 0 Å². The summed E-state index contributed by atoms with van der Waals surface area (Å²) in [6.07, 6.45) is -9.43. The van der Waals surface area contributed by atoms with E-state index in [-0.39, 0.29) is 24.0 Å². The van der Waals surface area contributed by atoms with Crippen LogP contribution in [0.1, 0.15) is 54.1 Å². The zero-order valence-electron chi connectivity index (χ0n) is 16.2. The fourth-order valence-electron chi connectivity index (χ4n) is 3.61. The van der Waals surface area contributed by atoms with Crippen LogP contribution in [0.5, 0.6) is 0 Å². The molecule has 0 aliphatic carbocycles. The van der Waals surface area contributed by atoms with Crippen LogP contribution < -0.4 is 10.6 Å². The fourth-order valence-corrected chi connectivity index (χ4v) is 3.61. The molecule has 3 nitrogen and oxygen atoms in total. The molecule has 0 bridgehead atoms. The molecule has 2 aromatic rings. The number of halogens is 7. The van der Waals surface area contributed by atoms with Crippen LogP contribution >= 0.6 is 0 Å². The first-order chi connectivity index (χ1) is 14.3. The molecule has 10 heteroatoms. The van der Waals surface area contributed by atoms with Gasteiger partial charge in [-0.15, -0.1) is 0 Å². The summed E-state index contributed by atoms with van der Waals surface area (Å²) >= 11 is 0. The van der Waals surface area contributed by atoms with Crippen molar-refractivity contribution in [2.45, 2.75) is 50.2 Å². The quantitative estimate of drug-likeness (QED) is 0.604. The van der Waals surface area contributed by atoms with E-state index >= 15 is 0 Å². The highest BCUT2D eigenvalue weighted by atomic mass is 19.4. The van der Waals surface area contributed by atoms with Crippen molar-refractivity contribution in [2.24, 2.45) is 0 Å². The number of carbonyl (C=O) groups excluding carboxylic acids is 1. The van der Waals surface area contributed by atoms with Crippen LogP contribution in [0.4, 0.5) is 30.7 Å². The lowest BCUT2D eigenvalue weighted by Crippen LogP contribution is -2.49. The van der Waals surface area contributed by atoms with Gasteiger partial charge in [0.1, 0.15) is 5.82 Å². The van der Waals surface area contributed by atoms with Gasteiger partial charge in [0.2, 0.25) is 5.91 Å². The zero-order chi connectivity index (χ0) is 23.0. The summed E-state index contributed by atoms with van der Waals surface area (Å²) in [6.45, 7) is 1.45. The van der Waals surface area contributed by atoms with Gasteiger partial charge in [0, 0.05) is 18.5 Å². The minimum atomic E-state index is -4.94. The average molecular weight is 448 g/mol. The summed E-state index contributed by atoms with van der Waals surface area (Å²) in [4.78, 5) is 11.9. The highest BCUT2D eigenvalue weighted by Gasteiger charge is 2.38. The van der Waals surface area contributed by atoms with Crippen LogP contribution in [0.3, 0.4) is 0 Å². The predicted octanol–water partition coefficient (Wildman–Crippen LogP) is 5.53. The highest BCUT2D eigenvalue weighted by Crippen LogP contribution is 2.38. The van der Waals surface area contributed by atoms with E-state index in [1.807, 2.05) is 0 Å². The van der Waals surface area contributed by atoms with E-state index in [0.717, 1.165) is 0 Å². The van der Waals surface area contributed by atoms with Crippen molar-refractivity contribution in [3.8, 4) is 0 Å². The van der Waals surface area contributed by atoms with Crippen LogP contribution in [0.15, 0.2) is 42.5 Å². The van der Waals surface area contributed by atoms with Crippen molar-refractivity contribution in [2.75, 3.05) is 0 Å². The van der Waals surface area contributed by atoms with E-state index in [2.05, 4.69) is 10.6 Å². The van der Waals surface area contributed by atoms with Crippen molar-refractivity contribution in [3.63, 3.8) is 0 Å². The van der Waals surface area contributed by atoms with Crippen LogP contribution in [0, 0.1) is 5.82 Å². The van der Waals surface area contributed by atoms with E-state index in [0.29, 0.717) is 24.1 Å². The van der Waals surface area contributed by atoms with Crippen molar-refractivity contribution in [3.05, 3.63) is 70.5 Å². The second kappa shape index (κ2) is 8.49. The van der Waals surface area contributed by atoms with Gasteiger partial charge in [-0.1, -0.05) is 12.1 Å². The standard InChI is InChI=1S/C21H19F7N2O/c1-11(13-8-14(20(23,24)25)10-15(9-13)21(26,27)28)29-17-6-7-18(31)30-19(17)12-2-4-16(22)5-3-12/h2-5,8-11,17,19,29H,6-7H2,1H3,(H,30,31)/t11?,17-,19-/m1/s1. The summed E-state index contributed by atoms with van der Waals surface area (Å²) in [6, 6.07) is 4.82. The van der Waals surface area contributed by atoms with Gasteiger partial charge < -0.3 is 10.6 Å². The van der Waals surface area contributed by atoms with Gasteiger partial charge in [-0.2, -0.15) is 26.3 Å². The van der Waals surface area contributed by atoms with Crippen LogP contribution in [-0.2, 0) is 17.1 Å². The minimum Gasteiger partial charge on any atom is -0.348 e. The molecule has 0 aromatic heterocycles. The molecule has 1 amide bonds. The summed E-state index contributed by atoms with van der Waals surface area (Å²) in [5.74, 6) is -0.731. The first-order valence-electron chi connectivity index (χ1n) is 9.45. The molecule has 0 spiro atoms. The Bertz CT molecular complexity index is 906. The largest absolute Gasteiger partial charge is 0.416 e. The topological polar surface area (TPSA) is 41.1 Å². The second-order valence-corrected chi connectivity index (χ2v) is 7.47. The van der Waals surface area contributed by atoms with Crippen molar-refractivity contribution < 1.29 is 35.5 Å². The van der Waals surface area contributed by atoms with E-state index in [1.165, 1.54) is 31.2 Å². The van der Waals surface area contributed by atoms with Crippen LogP contribution in [0.25, 0.3) is 0 Å². The van der Waals surface area contributed by atoms with E-state index < -0.39 is 47.4 Å². The molecule has 1 unspecified atom stereocenters. The average Bonchev–Trinajstić information content (AvgIpc) is 2.68. The molecule has 31 heavy (non-hydrogen) atoms. The second-order valence-electron chi connectivity index (χ2n) is 7.47. The molecule has 3 atom stereocenters. The van der Waals surface area contributed by atoms with Crippen molar-refractivity contribution >= 4 is 5.91 Å². The Hall–Kier alpha value is -2.62. The molecule has 1 fully saturated rings. The van der Waals surface area contributed by atoms with Crippen LogP contribution in [-0.4, -0.2) is 11.9 Å². The molecule has 168 valence electrons. The summed E-state index contributed by atoms with van der Waals surface area (Å²) in [7, 11) is 0. The Morgan fingerprint density at radius 2 is 1.52 bits per heavy atom. The maximum Gasteiger partial charge on any atom is 0.416 e. The number of piperidine rings is 1. The third kappa shape index (κ3) is 5.55. The first kappa shape index (κ1) is 23.1. The van der Waals surface area contributed by atoms with Crippen LogP contribution in [0.2, 0.25) is 0 Å². The molecule has 2 N–H and O–H groups in total. The number of nitrogens with one attached hydrogen (secondary N) is 2. The molecule has 0 radical (unpaired) electrons. The lowest BCUT2D eigenvalue weighted by molar-refractivity contribution is -0.143. The summed E-state index contributed by atoms with van der Waals surface area (Å²) in [5.41, 5.74) is -2.40. The van der Waals surface area contributed by atoms with Gasteiger partial charge in [-0.25, -0.2) is 4.39 Å². The third-order valence-corrected chi connectivity index (χ3v) is 5.20. The number of carbonyl (C=O) groups is 1. The number of amides is 1. The van der Waals surface area contributed by atoms with Gasteiger partial charge >= 0.3 is 12.4 Å². The minimum absolute atomic E-state index is 0.0817. The smallest absolute Gasteiger partial charge is 0.348 e. The van der Waals surface area contributed by atoms with Gasteiger partial charge in [0.15, 0.2) is 0 Å². The zero-order valence-corrected chi connectivity index (χ0v) is 16.2. The Kier molecular flexibility index (Phi) is 6.31. The maximum atomic E-state index is 13.2. The third-order valence-electron chi connectivity index (χ3n) is 5.20. The molecule has 3 rings (SSSR count). The summed E-state index contributed by atoms with van der Waals surface area (Å²) < 4.78 is 92.1. The Morgan fingerprint density at radius 3 is 2.03 bits per heavy atom. The fraction of sp³-hybridized carbons (Fsp3) is 0.381. The number of benzene rings is 2. The number of rotatable bonds is 4. The van der Waals surface area contributed by atoms with Gasteiger partial charge in [0.05, 0.1) is 17.2 Å². The molecule has 1 heterocycles.